The summed E-state index contributed by atoms with van der Waals surface area (Å²) in [4.78, 5) is 20.0. The van der Waals surface area contributed by atoms with Gasteiger partial charge in [-0.2, -0.15) is 5.10 Å². The third-order valence-corrected chi connectivity index (χ3v) is 6.54. The minimum absolute atomic E-state index is 0.159. The van der Waals surface area contributed by atoms with Gasteiger partial charge in [-0.15, -0.1) is 0 Å². The van der Waals surface area contributed by atoms with Crippen LogP contribution >= 0.6 is 34.8 Å². The average Bonchev–Trinajstić information content (AvgIpc) is 3.13. The van der Waals surface area contributed by atoms with Crippen LogP contribution in [0.3, 0.4) is 0 Å². The quantitative estimate of drug-likeness (QED) is 0.316. The molecule has 0 N–H and O–H groups in total. The Hall–Kier alpha value is -2.60. The average molecular weight is 488 g/mol. The molecule has 0 saturated heterocycles. The fourth-order valence-electron chi connectivity index (χ4n) is 3.70. The molecule has 0 spiro atoms. The largest absolute Gasteiger partial charge is 0.337 e. The van der Waals surface area contributed by atoms with E-state index in [9.17, 15) is 4.79 Å². The van der Waals surface area contributed by atoms with Gasteiger partial charge in [-0.05, 0) is 38.1 Å². The number of rotatable bonds is 5. The maximum atomic E-state index is 13.6. The highest BCUT2D eigenvalue weighted by atomic mass is 35.5. The van der Waals surface area contributed by atoms with Gasteiger partial charge >= 0.3 is 0 Å². The molecule has 164 valence electrons. The molecule has 8 heteroatoms. The molecule has 4 rings (SSSR count). The fraction of sp³-hybridized carbons (Fsp3) is 0.208. The fourth-order valence-corrected chi connectivity index (χ4v) is 4.25. The summed E-state index contributed by atoms with van der Waals surface area (Å²) in [6.07, 6.45) is 1.80. The van der Waals surface area contributed by atoms with Crippen LogP contribution in [0.2, 0.25) is 15.1 Å². The van der Waals surface area contributed by atoms with E-state index in [1.807, 2.05) is 36.7 Å². The predicted octanol–water partition coefficient (Wildman–Crippen LogP) is 6.66. The Morgan fingerprint density at radius 2 is 1.78 bits per heavy atom. The molecule has 1 amide bonds. The molecule has 0 fully saturated rings. The third kappa shape index (κ3) is 4.20. The van der Waals surface area contributed by atoms with E-state index in [0.29, 0.717) is 43.8 Å². The van der Waals surface area contributed by atoms with Crippen molar-refractivity contribution < 1.29 is 4.79 Å². The van der Waals surface area contributed by atoms with Gasteiger partial charge in [0.2, 0.25) is 0 Å². The summed E-state index contributed by atoms with van der Waals surface area (Å²) in [5.41, 5.74) is 4.41. The van der Waals surface area contributed by atoms with Gasteiger partial charge in [-0.25, -0.2) is 4.98 Å². The van der Waals surface area contributed by atoms with Crippen LogP contribution in [0, 0.1) is 6.92 Å². The molecule has 2 aromatic carbocycles. The van der Waals surface area contributed by atoms with Crippen LogP contribution < -0.4 is 0 Å². The van der Waals surface area contributed by atoms with Crippen LogP contribution in [0.1, 0.15) is 28.5 Å². The summed E-state index contributed by atoms with van der Waals surface area (Å²) in [6, 6.07) is 12.5. The Bertz CT molecular complexity index is 1330. The van der Waals surface area contributed by atoms with Crippen molar-refractivity contribution >= 4 is 51.6 Å². The van der Waals surface area contributed by atoms with E-state index >= 15 is 0 Å². The summed E-state index contributed by atoms with van der Waals surface area (Å²) in [6.45, 7) is 5.24. The normalized spacial score (nSPS) is 11.2. The highest BCUT2D eigenvalue weighted by Gasteiger charge is 2.21. The number of hydrogen-bond donors (Lipinski definition) is 0. The molecule has 0 unspecified atom stereocenters. The second-order valence-electron chi connectivity index (χ2n) is 7.55. The summed E-state index contributed by atoms with van der Waals surface area (Å²) in [7, 11) is 1.77. The number of benzene rings is 2. The maximum absolute atomic E-state index is 13.6. The Morgan fingerprint density at radius 3 is 2.47 bits per heavy atom. The molecule has 2 heterocycles. The Kier molecular flexibility index (Phi) is 6.42. The predicted molar refractivity (Wildman–Crippen MR) is 131 cm³/mol. The van der Waals surface area contributed by atoms with Crippen molar-refractivity contribution in [3.63, 3.8) is 0 Å². The van der Waals surface area contributed by atoms with Crippen LogP contribution in [0.5, 0.6) is 0 Å². The van der Waals surface area contributed by atoms with Crippen molar-refractivity contribution in [2.75, 3.05) is 7.05 Å². The van der Waals surface area contributed by atoms with Crippen molar-refractivity contribution in [2.45, 2.75) is 26.9 Å². The van der Waals surface area contributed by atoms with Crippen molar-refractivity contribution in [3.8, 4) is 11.3 Å². The standard InChI is InChI=1S/C24H21Cl3N4O/c1-4-31-14(2)15(12-28-31)13-30(3)24(32)18-10-22(16-7-5-6-8-19(16)25)29-23-11-21(27)20(26)9-17(18)23/h5-12H,4,13H2,1-3H3. The van der Waals surface area contributed by atoms with Gasteiger partial charge in [-0.3, -0.25) is 9.48 Å². The van der Waals surface area contributed by atoms with Crippen molar-refractivity contribution in [2.24, 2.45) is 0 Å². The number of carbonyl (C=O) groups excluding carboxylic acids is 1. The molecule has 0 radical (unpaired) electrons. The third-order valence-electron chi connectivity index (χ3n) is 5.49. The van der Waals surface area contributed by atoms with Gasteiger partial charge in [0.15, 0.2) is 0 Å². The number of halogens is 3. The van der Waals surface area contributed by atoms with Crippen LogP contribution in [0.15, 0.2) is 48.7 Å². The lowest BCUT2D eigenvalue weighted by atomic mass is 10.0. The number of carbonyl (C=O) groups is 1. The van der Waals surface area contributed by atoms with Gasteiger partial charge in [-0.1, -0.05) is 53.0 Å². The monoisotopic (exact) mass is 486 g/mol. The zero-order valence-corrected chi connectivity index (χ0v) is 20.1. The van der Waals surface area contributed by atoms with Gasteiger partial charge in [0.05, 0.1) is 33.0 Å². The first-order valence-corrected chi connectivity index (χ1v) is 11.2. The molecule has 4 aromatic rings. The van der Waals surface area contributed by atoms with E-state index < -0.39 is 0 Å². The van der Waals surface area contributed by atoms with Gasteiger partial charge in [0.25, 0.3) is 5.91 Å². The SMILES string of the molecule is CCn1ncc(CN(C)C(=O)c2cc(-c3ccccc3Cl)nc3cc(Cl)c(Cl)cc23)c1C. The summed E-state index contributed by atoms with van der Waals surface area (Å²) < 4.78 is 1.91. The number of hydrogen-bond acceptors (Lipinski definition) is 3. The van der Waals surface area contributed by atoms with Crippen LogP contribution in [0.25, 0.3) is 22.2 Å². The highest BCUT2D eigenvalue weighted by molar-refractivity contribution is 6.43. The summed E-state index contributed by atoms with van der Waals surface area (Å²) in [5.74, 6) is -0.159. The molecule has 5 nitrogen and oxygen atoms in total. The lowest BCUT2D eigenvalue weighted by molar-refractivity contribution is 0.0787. The van der Waals surface area contributed by atoms with Crippen molar-refractivity contribution in [3.05, 3.63) is 80.6 Å². The number of nitrogens with zero attached hydrogens (tertiary/aromatic N) is 4. The van der Waals surface area contributed by atoms with Gasteiger partial charge in [0.1, 0.15) is 0 Å². The molecule has 32 heavy (non-hydrogen) atoms. The first kappa shape index (κ1) is 22.6. The van der Waals surface area contributed by atoms with Crippen molar-refractivity contribution in [1.29, 1.82) is 0 Å². The van der Waals surface area contributed by atoms with Crippen molar-refractivity contribution in [1.82, 2.24) is 19.7 Å². The summed E-state index contributed by atoms with van der Waals surface area (Å²) in [5, 5.41) is 6.29. The molecule has 0 aliphatic heterocycles. The molecule has 0 aliphatic rings. The minimum atomic E-state index is -0.159. The molecular weight excluding hydrogens is 467 g/mol. The highest BCUT2D eigenvalue weighted by Crippen LogP contribution is 2.34. The lowest BCUT2D eigenvalue weighted by Crippen LogP contribution is -2.26. The molecule has 0 bridgehead atoms. The van der Waals surface area contributed by atoms with E-state index in [1.165, 1.54) is 0 Å². The zero-order chi connectivity index (χ0) is 23.0. The maximum Gasteiger partial charge on any atom is 0.254 e. The number of amides is 1. The number of pyridine rings is 1. The van der Waals surface area contributed by atoms with Crippen LogP contribution in [-0.2, 0) is 13.1 Å². The lowest BCUT2D eigenvalue weighted by Gasteiger charge is -2.19. The van der Waals surface area contributed by atoms with Crippen LogP contribution in [-0.4, -0.2) is 32.6 Å². The van der Waals surface area contributed by atoms with Gasteiger partial charge in [0, 0.05) is 47.4 Å². The van der Waals surface area contributed by atoms with E-state index in [-0.39, 0.29) is 5.91 Å². The first-order valence-electron chi connectivity index (χ1n) is 10.1. The Labute approximate surface area is 201 Å². The minimum Gasteiger partial charge on any atom is -0.337 e. The molecule has 0 aliphatic carbocycles. The van der Waals surface area contributed by atoms with E-state index in [1.54, 1.807) is 42.4 Å². The molecular formula is C24H21Cl3N4O. The van der Waals surface area contributed by atoms with E-state index in [2.05, 4.69) is 5.10 Å². The Morgan fingerprint density at radius 1 is 1.06 bits per heavy atom. The van der Waals surface area contributed by atoms with E-state index in [0.717, 1.165) is 23.4 Å². The smallest absolute Gasteiger partial charge is 0.254 e. The van der Waals surface area contributed by atoms with E-state index in [4.69, 9.17) is 39.8 Å². The number of aryl methyl sites for hydroxylation is 1. The zero-order valence-electron chi connectivity index (χ0n) is 17.9. The molecule has 0 atom stereocenters. The number of fused-ring (bicyclic) bond motifs is 1. The van der Waals surface area contributed by atoms with Crippen LogP contribution in [0.4, 0.5) is 0 Å². The molecule has 0 saturated carbocycles. The first-order chi connectivity index (χ1) is 15.3. The topological polar surface area (TPSA) is 51.0 Å². The summed E-state index contributed by atoms with van der Waals surface area (Å²) >= 11 is 18.9. The second kappa shape index (κ2) is 9.10. The van der Waals surface area contributed by atoms with Gasteiger partial charge < -0.3 is 4.90 Å². The second-order valence-corrected chi connectivity index (χ2v) is 8.77. The Balaban J connectivity index is 1.82. The number of aromatic nitrogens is 3. The molecule has 2 aromatic heterocycles.